The fourth-order valence-corrected chi connectivity index (χ4v) is 2.29. The van der Waals surface area contributed by atoms with E-state index >= 15 is 0 Å². The Bertz CT molecular complexity index is 440. The highest BCUT2D eigenvalue weighted by molar-refractivity contribution is 5.68. The molecule has 0 radical (unpaired) electrons. The van der Waals surface area contributed by atoms with Crippen molar-refractivity contribution in [3.63, 3.8) is 0 Å². The van der Waals surface area contributed by atoms with Crippen LogP contribution in [0, 0.1) is 0 Å². The average molecular weight is 343 g/mol. The van der Waals surface area contributed by atoms with Crippen LogP contribution in [0.2, 0.25) is 0 Å². The van der Waals surface area contributed by atoms with Crippen LogP contribution in [0.3, 0.4) is 0 Å². The lowest BCUT2D eigenvalue weighted by molar-refractivity contribution is 0.0290. The molecule has 1 atom stereocenters. The fraction of sp³-hybridized carbons (Fsp3) is 0.882. The lowest BCUT2D eigenvalue weighted by atomic mass is 10.2. The maximum absolute atomic E-state index is 12.0. The van der Waals surface area contributed by atoms with E-state index in [4.69, 9.17) is 9.47 Å². The van der Waals surface area contributed by atoms with Crippen LogP contribution in [-0.2, 0) is 9.47 Å². The summed E-state index contributed by atoms with van der Waals surface area (Å²) in [5.74, 6) is 0. The Hall–Kier alpha value is -1.50. The molecular formula is C17H33N3O4. The van der Waals surface area contributed by atoms with Crippen LogP contribution in [0.1, 0.15) is 48.0 Å². The normalized spacial score (nSPS) is 18.5. The molecule has 1 rings (SSSR count). The van der Waals surface area contributed by atoms with E-state index in [-0.39, 0.29) is 18.2 Å². The zero-order valence-electron chi connectivity index (χ0n) is 16.1. The van der Waals surface area contributed by atoms with Gasteiger partial charge in [0.05, 0.1) is 0 Å². The monoisotopic (exact) mass is 343 g/mol. The second-order valence-corrected chi connectivity index (χ2v) is 8.27. The summed E-state index contributed by atoms with van der Waals surface area (Å²) in [6.45, 7) is 13.7. The van der Waals surface area contributed by atoms with Gasteiger partial charge in [-0.2, -0.15) is 0 Å². The van der Waals surface area contributed by atoms with Gasteiger partial charge in [-0.05, 0) is 48.0 Å². The first-order chi connectivity index (χ1) is 10.9. The molecule has 1 aliphatic heterocycles. The van der Waals surface area contributed by atoms with Crippen molar-refractivity contribution in [3.05, 3.63) is 0 Å². The molecule has 140 valence electrons. The van der Waals surface area contributed by atoms with Gasteiger partial charge in [0.2, 0.25) is 0 Å². The summed E-state index contributed by atoms with van der Waals surface area (Å²) in [6.07, 6.45) is 0.291. The molecule has 0 aromatic heterocycles. The summed E-state index contributed by atoms with van der Waals surface area (Å²) in [5.41, 5.74) is -0.961. The van der Waals surface area contributed by atoms with Crippen molar-refractivity contribution in [3.8, 4) is 0 Å². The number of amides is 2. The SMILES string of the molecule is CN(CCNC1CCN(C(=O)OC(C)(C)C)C1)C(=O)OC(C)(C)C. The number of nitrogens with zero attached hydrogens (tertiary/aromatic N) is 2. The molecule has 1 saturated heterocycles. The zero-order chi connectivity index (χ0) is 18.5. The van der Waals surface area contributed by atoms with Crippen LogP contribution in [0.5, 0.6) is 0 Å². The fourth-order valence-electron chi connectivity index (χ4n) is 2.29. The highest BCUT2D eigenvalue weighted by Crippen LogP contribution is 2.15. The number of carbonyl (C=O) groups excluding carboxylic acids is 2. The van der Waals surface area contributed by atoms with Crippen LogP contribution in [0.4, 0.5) is 9.59 Å². The summed E-state index contributed by atoms with van der Waals surface area (Å²) in [4.78, 5) is 27.2. The maximum Gasteiger partial charge on any atom is 0.410 e. The topological polar surface area (TPSA) is 71.1 Å². The molecule has 2 amide bonds. The van der Waals surface area contributed by atoms with Gasteiger partial charge in [0.1, 0.15) is 11.2 Å². The van der Waals surface area contributed by atoms with Crippen molar-refractivity contribution in [2.75, 3.05) is 33.2 Å². The molecule has 0 aromatic rings. The molecule has 0 aromatic carbocycles. The lowest BCUT2D eigenvalue weighted by Crippen LogP contribution is -2.42. The molecule has 0 spiro atoms. The van der Waals surface area contributed by atoms with E-state index < -0.39 is 11.2 Å². The molecule has 7 heteroatoms. The highest BCUT2D eigenvalue weighted by atomic mass is 16.6. The average Bonchev–Trinajstić information content (AvgIpc) is 2.83. The third kappa shape index (κ3) is 7.86. The second-order valence-electron chi connectivity index (χ2n) is 8.27. The molecular weight excluding hydrogens is 310 g/mol. The van der Waals surface area contributed by atoms with Gasteiger partial charge in [0.15, 0.2) is 0 Å². The Labute approximate surface area is 145 Å². The minimum absolute atomic E-state index is 0.226. The first kappa shape index (κ1) is 20.5. The minimum atomic E-state index is -0.488. The van der Waals surface area contributed by atoms with Crippen molar-refractivity contribution in [1.29, 1.82) is 0 Å². The second kappa shape index (κ2) is 8.05. The number of rotatable bonds is 4. The largest absolute Gasteiger partial charge is 0.444 e. The smallest absolute Gasteiger partial charge is 0.410 e. The molecule has 1 N–H and O–H groups in total. The summed E-state index contributed by atoms with van der Waals surface area (Å²) >= 11 is 0. The van der Waals surface area contributed by atoms with E-state index in [9.17, 15) is 9.59 Å². The van der Waals surface area contributed by atoms with Crippen molar-refractivity contribution < 1.29 is 19.1 Å². The van der Waals surface area contributed by atoms with Crippen LogP contribution in [0.15, 0.2) is 0 Å². The van der Waals surface area contributed by atoms with Crippen LogP contribution >= 0.6 is 0 Å². The Kier molecular flexibility index (Phi) is 6.89. The van der Waals surface area contributed by atoms with Gasteiger partial charge in [-0.25, -0.2) is 9.59 Å². The summed E-state index contributed by atoms with van der Waals surface area (Å²) < 4.78 is 10.7. The predicted octanol–water partition coefficient (Wildman–Crippen LogP) is 2.45. The van der Waals surface area contributed by atoms with Crippen LogP contribution in [0.25, 0.3) is 0 Å². The van der Waals surface area contributed by atoms with E-state index in [0.717, 1.165) is 6.42 Å². The quantitative estimate of drug-likeness (QED) is 0.849. The number of nitrogens with one attached hydrogen (secondary N) is 1. The van der Waals surface area contributed by atoms with Gasteiger partial charge in [0, 0.05) is 39.3 Å². The van der Waals surface area contributed by atoms with E-state index in [0.29, 0.717) is 26.2 Å². The first-order valence-corrected chi connectivity index (χ1v) is 8.53. The number of likely N-dealkylation sites (N-methyl/N-ethyl adjacent to an activating group) is 1. The molecule has 1 heterocycles. The zero-order valence-corrected chi connectivity index (χ0v) is 16.1. The number of likely N-dealkylation sites (tertiary alicyclic amines) is 1. The Morgan fingerprint density at radius 1 is 1.12 bits per heavy atom. The molecule has 24 heavy (non-hydrogen) atoms. The first-order valence-electron chi connectivity index (χ1n) is 8.53. The number of hydrogen-bond donors (Lipinski definition) is 1. The van der Waals surface area contributed by atoms with Crippen LogP contribution in [-0.4, -0.2) is 72.5 Å². The Morgan fingerprint density at radius 3 is 2.25 bits per heavy atom. The Balaban J connectivity index is 2.28. The number of hydrogen-bond acceptors (Lipinski definition) is 5. The van der Waals surface area contributed by atoms with Crippen molar-refractivity contribution in [2.45, 2.75) is 65.2 Å². The van der Waals surface area contributed by atoms with E-state index in [1.165, 1.54) is 0 Å². The summed E-state index contributed by atoms with van der Waals surface area (Å²) in [7, 11) is 1.72. The van der Waals surface area contributed by atoms with E-state index in [1.807, 2.05) is 41.5 Å². The lowest BCUT2D eigenvalue weighted by Gasteiger charge is -2.25. The standard InChI is InChI=1S/C17H33N3O4/c1-16(2,3)23-14(21)19(7)11-9-18-13-8-10-20(12-13)15(22)24-17(4,5)6/h13,18H,8-12H2,1-7H3. The third-order valence-electron chi connectivity index (χ3n) is 3.43. The molecule has 0 saturated carbocycles. The molecule has 0 bridgehead atoms. The van der Waals surface area contributed by atoms with E-state index in [1.54, 1.807) is 16.8 Å². The predicted molar refractivity (Wildman–Crippen MR) is 93.1 cm³/mol. The third-order valence-corrected chi connectivity index (χ3v) is 3.43. The maximum atomic E-state index is 12.0. The highest BCUT2D eigenvalue weighted by Gasteiger charge is 2.29. The summed E-state index contributed by atoms with van der Waals surface area (Å²) in [5, 5.41) is 3.38. The van der Waals surface area contributed by atoms with Gasteiger partial charge in [-0.3, -0.25) is 0 Å². The van der Waals surface area contributed by atoms with Crippen LogP contribution < -0.4 is 5.32 Å². The minimum Gasteiger partial charge on any atom is -0.444 e. The Morgan fingerprint density at radius 2 is 1.71 bits per heavy atom. The van der Waals surface area contributed by atoms with Crippen molar-refractivity contribution in [1.82, 2.24) is 15.1 Å². The molecule has 7 nitrogen and oxygen atoms in total. The van der Waals surface area contributed by atoms with Gasteiger partial charge in [-0.15, -0.1) is 0 Å². The van der Waals surface area contributed by atoms with Crippen molar-refractivity contribution in [2.24, 2.45) is 0 Å². The van der Waals surface area contributed by atoms with Gasteiger partial charge >= 0.3 is 12.2 Å². The number of carbonyl (C=O) groups is 2. The summed E-state index contributed by atoms with van der Waals surface area (Å²) in [6, 6.07) is 0.226. The molecule has 1 aliphatic rings. The van der Waals surface area contributed by atoms with Gasteiger partial charge < -0.3 is 24.6 Å². The number of ether oxygens (including phenoxy) is 2. The van der Waals surface area contributed by atoms with Crippen molar-refractivity contribution >= 4 is 12.2 Å². The molecule has 1 unspecified atom stereocenters. The molecule has 0 aliphatic carbocycles. The van der Waals surface area contributed by atoms with E-state index in [2.05, 4.69) is 5.32 Å². The van der Waals surface area contributed by atoms with Gasteiger partial charge in [0.25, 0.3) is 0 Å². The van der Waals surface area contributed by atoms with Gasteiger partial charge in [-0.1, -0.05) is 0 Å². The molecule has 1 fully saturated rings.